The molecule has 0 saturated heterocycles. The third-order valence-electron chi connectivity index (χ3n) is 1.60. The van der Waals surface area contributed by atoms with Gasteiger partial charge in [0.25, 0.3) is 0 Å². The lowest BCUT2D eigenvalue weighted by atomic mass is 10.3. The molecule has 0 aromatic carbocycles. The number of nitrogens with zero attached hydrogens (tertiary/aromatic N) is 1. The van der Waals surface area contributed by atoms with Crippen LogP contribution in [0.2, 0.25) is 0 Å². The number of fused-ring (bicyclic) bond motifs is 1. The second-order valence-electron chi connectivity index (χ2n) is 2.70. The van der Waals surface area contributed by atoms with Crippen molar-refractivity contribution < 1.29 is 4.79 Å². The highest BCUT2D eigenvalue weighted by Gasteiger charge is 2.15. The molecule has 0 aliphatic carbocycles. The molecule has 2 heterocycles. The third kappa shape index (κ3) is 1.30. The van der Waals surface area contributed by atoms with Gasteiger partial charge in [0, 0.05) is 6.20 Å². The fraction of sp³-hybridized carbons (Fsp3) is 0.250. The SMILES string of the molecule is Cc1cnc2c(c1)NC(=O)CS2. The molecule has 0 bridgehead atoms. The maximum Gasteiger partial charge on any atom is 0.234 e. The van der Waals surface area contributed by atoms with Crippen molar-refractivity contribution in [3.05, 3.63) is 17.8 Å². The van der Waals surface area contributed by atoms with Crippen LogP contribution in [0.4, 0.5) is 5.69 Å². The van der Waals surface area contributed by atoms with Crippen molar-refractivity contribution in [2.75, 3.05) is 11.1 Å². The lowest BCUT2D eigenvalue weighted by molar-refractivity contribution is -0.113. The van der Waals surface area contributed by atoms with Crippen LogP contribution < -0.4 is 5.32 Å². The van der Waals surface area contributed by atoms with Gasteiger partial charge in [-0.05, 0) is 18.6 Å². The fourth-order valence-corrected chi connectivity index (χ4v) is 1.81. The number of rotatable bonds is 0. The molecule has 1 aromatic heterocycles. The summed E-state index contributed by atoms with van der Waals surface area (Å²) < 4.78 is 0. The van der Waals surface area contributed by atoms with E-state index in [0.717, 1.165) is 16.3 Å². The Morgan fingerprint density at radius 1 is 1.67 bits per heavy atom. The molecule has 0 saturated carbocycles. The molecular weight excluding hydrogens is 172 g/mol. The van der Waals surface area contributed by atoms with Gasteiger partial charge in [-0.2, -0.15) is 0 Å². The number of aryl methyl sites for hydroxylation is 1. The van der Waals surface area contributed by atoms with Gasteiger partial charge in [0.05, 0.1) is 11.4 Å². The van der Waals surface area contributed by atoms with Gasteiger partial charge >= 0.3 is 0 Å². The maximum atomic E-state index is 11.0. The highest BCUT2D eigenvalue weighted by Crippen LogP contribution is 2.29. The van der Waals surface area contributed by atoms with Crippen molar-refractivity contribution in [2.45, 2.75) is 11.9 Å². The Balaban J connectivity index is 2.44. The number of thioether (sulfide) groups is 1. The number of nitrogens with one attached hydrogen (secondary N) is 1. The van der Waals surface area contributed by atoms with Gasteiger partial charge in [-0.3, -0.25) is 4.79 Å². The summed E-state index contributed by atoms with van der Waals surface area (Å²) in [6.45, 7) is 1.96. The normalized spacial score (nSPS) is 15.2. The van der Waals surface area contributed by atoms with Crippen molar-refractivity contribution in [3.8, 4) is 0 Å². The molecule has 2 rings (SSSR count). The van der Waals surface area contributed by atoms with Crippen LogP contribution in [0.1, 0.15) is 5.56 Å². The average molecular weight is 180 g/mol. The maximum absolute atomic E-state index is 11.0. The smallest absolute Gasteiger partial charge is 0.234 e. The molecule has 0 spiro atoms. The van der Waals surface area contributed by atoms with Gasteiger partial charge in [-0.1, -0.05) is 11.8 Å². The molecule has 0 atom stereocenters. The molecule has 1 amide bonds. The Morgan fingerprint density at radius 2 is 2.50 bits per heavy atom. The Bertz CT molecular complexity index is 338. The lowest BCUT2D eigenvalue weighted by Gasteiger charge is -2.14. The van der Waals surface area contributed by atoms with Crippen LogP contribution in [0.25, 0.3) is 0 Å². The Morgan fingerprint density at radius 3 is 3.33 bits per heavy atom. The van der Waals surface area contributed by atoms with Crippen LogP contribution in [0, 0.1) is 6.92 Å². The van der Waals surface area contributed by atoms with Gasteiger partial charge in [-0.25, -0.2) is 4.98 Å². The van der Waals surface area contributed by atoms with Crippen molar-refractivity contribution in [1.82, 2.24) is 4.98 Å². The largest absolute Gasteiger partial charge is 0.323 e. The number of aromatic nitrogens is 1. The summed E-state index contributed by atoms with van der Waals surface area (Å²) in [5.41, 5.74) is 1.91. The second kappa shape index (κ2) is 2.79. The molecule has 0 fully saturated rings. The van der Waals surface area contributed by atoms with E-state index in [1.54, 1.807) is 0 Å². The van der Waals surface area contributed by atoms with Gasteiger partial charge in [0.2, 0.25) is 5.91 Å². The monoisotopic (exact) mass is 180 g/mol. The zero-order valence-electron chi connectivity index (χ0n) is 6.63. The van der Waals surface area contributed by atoms with E-state index < -0.39 is 0 Å². The Kier molecular flexibility index (Phi) is 1.77. The number of hydrogen-bond acceptors (Lipinski definition) is 3. The van der Waals surface area contributed by atoms with Crippen LogP contribution in [0.15, 0.2) is 17.3 Å². The fourth-order valence-electron chi connectivity index (χ4n) is 1.08. The molecule has 4 heteroatoms. The van der Waals surface area contributed by atoms with Crippen molar-refractivity contribution in [1.29, 1.82) is 0 Å². The first-order valence-electron chi connectivity index (χ1n) is 3.65. The summed E-state index contributed by atoms with van der Waals surface area (Å²) in [6.07, 6.45) is 1.81. The van der Waals surface area contributed by atoms with Crippen molar-refractivity contribution in [3.63, 3.8) is 0 Å². The molecule has 62 valence electrons. The van der Waals surface area contributed by atoms with E-state index in [1.807, 2.05) is 19.2 Å². The first-order valence-corrected chi connectivity index (χ1v) is 4.63. The number of anilines is 1. The predicted octanol–water partition coefficient (Wildman–Crippen LogP) is 1.43. The molecule has 0 unspecified atom stereocenters. The molecule has 3 nitrogen and oxygen atoms in total. The van der Waals surface area contributed by atoms with Crippen LogP contribution in [-0.2, 0) is 4.79 Å². The van der Waals surface area contributed by atoms with E-state index in [4.69, 9.17) is 0 Å². The van der Waals surface area contributed by atoms with Crippen molar-refractivity contribution in [2.24, 2.45) is 0 Å². The van der Waals surface area contributed by atoms with E-state index in [-0.39, 0.29) is 5.91 Å². The molecule has 12 heavy (non-hydrogen) atoms. The van der Waals surface area contributed by atoms with Crippen LogP contribution >= 0.6 is 11.8 Å². The lowest BCUT2D eigenvalue weighted by Crippen LogP contribution is -2.19. The number of pyridine rings is 1. The van der Waals surface area contributed by atoms with E-state index >= 15 is 0 Å². The summed E-state index contributed by atoms with van der Waals surface area (Å²) in [7, 11) is 0. The first kappa shape index (κ1) is 7.61. The van der Waals surface area contributed by atoms with Crippen LogP contribution in [0.5, 0.6) is 0 Å². The van der Waals surface area contributed by atoms with Gasteiger partial charge < -0.3 is 5.32 Å². The summed E-state index contributed by atoms with van der Waals surface area (Å²) in [5, 5.41) is 3.70. The first-order chi connectivity index (χ1) is 5.75. The Hall–Kier alpha value is -1.03. The van der Waals surface area contributed by atoms with Gasteiger partial charge in [0.15, 0.2) is 0 Å². The number of carbonyl (C=O) groups is 1. The number of carbonyl (C=O) groups excluding carboxylic acids is 1. The molecule has 1 aliphatic rings. The van der Waals surface area contributed by atoms with E-state index in [0.29, 0.717) is 5.75 Å². The van der Waals surface area contributed by atoms with Crippen LogP contribution in [-0.4, -0.2) is 16.6 Å². The summed E-state index contributed by atoms with van der Waals surface area (Å²) in [4.78, 5) is 15.2. The highest BCUT2D eigenvalue weighted by atomic mass is 32.2. The average Bonchev–Trinajstić information content (AvgIpc) is 2.03. The number of amides is 1. The molecular formula is C8H8N2OS. The molecule has 1 aliphatic heterocycles. The quantitative estimate of drug-likeness (QED) is 0.656. The minimum Gasteiger partial charge on any atom is -0.323 e. The summed E-state index contributed by atoms with van der Waals surface area (Å²) in [6, 6.07) is 1.94. The predicted molar refractivity (Wildman–Crippen MR) is 48.3 cm³/mol. The second-order valence-corrected chi connectivity index (χ2v) is 3.67. The Labute approximate surface area is 74.6 Å². The van der Waals surface area contributed by atoms with E-state index in [9.17, 15) is 4.79 Å². The zero-order chi connectivity index (χ0) is 8.55. The van der Waals surface area contributed by atoms with Gasteiger partial charge in [0.1, 0.15) is 5.03 Å². The third-order valence-corrected chi connectivity index (χ3v) is 2.61. The minimum absolute atomic E-state index is 0.0555. The van der Waals surface area contributed by atoms with E-state index in [2.05, 4.69) is 10.3 Å². The topological polar surface area (TPSA) is 42.0 Å². The molecule has 1 aromatic rings. The molecule has 0 radical (unpaired) electrons. The minimum atomic E-state index is 0.0555. The van der Waals surface area contributed by atoms with Crippen molar-refractivity contribution >= 4 is 23.4 Å². The van der Waals surface area contributed by atoms with E-state index in [1.165, 1.54) is 11.8 Å². The number of hydrogen-bond donors (Lipinski definition) is 1. The zero-order valence-corrected chi connectivity index (χ0v) is 7.44. The molecule has 1 N–H and O–H groups in total. The summed E-state index contributed by atoms with van der Waals surface area (Å²) >= 11 is 1.48. The van der Waals surface area contributed by atoms with Gasteiger partial charge in [-0.15, -0.1) is 0 Å². The standard InChI is InChI=1S/C8H8N2OS/c1-5-2-6-8(9-3-5)12-4-7(11)10-6/h2-3H,4H2,1H3,(H,10,11). The van der Waals surface area contributed by atoms with Crippen LogP contribution in [0.3, 0.4) is 0 Å². The summed E-state index contributed by atoms with van der Waals surface area (Å²) in [5.74, 6) is 0.531. The highest BCUT2D eigenvalue weighted by molar-refractivity contribution is 8.00.